The Morgan fingerprint density at radius 1 is 1.12 bits per heavy atom. The largest absolute Gasteiger partial charge is 0.490 e. The molecule has 2 aromatic heterocycles. The maximum Gasteiger partial charge on any atom is 0.418 e. The average Bonchev–Trinajstić information content (AvgIpc) is 2.89. The lowest BCUT2D eigenvalue weighted by Gasteiger charge is -2.37. The molecule has 9 nitrogen and oxygen atoms in total. The van der Waals surface area contributed by atoms with Crippen LogP contribution in [0.25, 0.3) is 11.3 Å². The molecule has 1 saturated heterocycles. The van der Waals surface area contributed by atoms with Gasteiger partial charge >= 0.3 is 12.1 Å². The number of rotatable bonds is 8. The first-order chi connectivity index (χ1) is 19.1. The number of alkyl halides is 3. The van der Waals surface area contributed by atoms with Gasteiger partial charge in [-0.2, -0.15) is 21.6 Å². The van der Waals surface area contributed by atoms with Gasteiger partial charge < -0.3 is 14.7 Å². The Kier molecular flexibility index (Phi) is 8.42. The number of carboxylic acid groups (broad SMARTS) is 1. The molecule has 4 rings (SSSR count). The van der Waals surface area contributed by atoms with Gasteiger partial charge in [0.15, 0.2) is 5.03 Å². The highest BCUT2D eigenvalue weighted by Gasteiger charge is 2.38. The number of halogens is 4. The van der Waals surface area contributed by atoms with Crippen LogP contribution in [0.1, 0.15) is 39.2 Å². The summed E-state index contributed by atoms with van der Waals surface area (Å²) in [5.41, 5.74) is -2.60. The normalized spacial score (nSPS) is 15.6. The summed E-state index contributed by atoms with van der Waals surface area (Å²) in [6.07, 6.45) is -4.48. The Bertz CT molecular complexity index is 1560. The van der Waals surface area contributed by atoms with Gasteiger partial charge in [-0.1, -0.05) is 17.7 Å². The third-order valence-corrected chi connectivity index (χ3v) is 8.18. The van der Waals surface area contributed by atoms with E-state index >= 15 is 0 Å². The number of ether oxygens (including phenoxy) is 1. The Labute approximate surface area is 240 Å². The van der Waals surface area contributed by atoms with E-state index in [1.165, 1.54) is 30.3 Å². The maximum absolute atomic E-state index is 14.0. The van der Waals surface area contributed by atoms with Gasteiger partial charge in [0.25, 0.3) is 10.0 Å². The van der Waals surface area contributed by atoms with Gasteiger partial charge in [-0.3, -0.25) is 9.52 Å². The zero-order chi connectivity index (χ0) is 30.2. The van der Waals surface area contributed by atoms with Crippen molar-refractivity contribution in [3.05, 3.63) is 59.1 Å². The summed E-state index contributed by atoms with van der Waals surface area (Å²) < 4.78 is 76.3. The third kappa shape index (κ3) is 6.84. The third-order valence-electron chi connectivity index (χ3n) is 6.69. The minimum absolute atomic E-state index is 0.0573. The first-order valence-electron chi connectivity index (χ1n) is 12.6. The van der Waals surface area contributed by atoms with Crippen LogP contribution < -0.4 is 14.4 Å². The van der Waals surface area contributed by atoms with Gasteiger partial charge in [0.1, 0.15) is 17.4 Å². The first-order valence-corrected chi connectivity index (χ1v) is 14.5. The van der Waals surface area contributed by atoms with E-state index in [1.54, 1.807) is 31.7 Å². The van der Waals surface area contributed by atoms with Crippen LogP contribution >= 0.6 is 11.6 Å². The lowest BCUT2D eigenvalue weighted by molar-refractivity contribution is -0.149. The fourth-order valence-corrected chi connectivity index (χ4v) is 5.49. The van der Waals surface area contributed by atoms with E-state index in [4.69, 9.17) is 16.3 Å². The molecule has 0 radical (unpaired) electrons. The smallest absolute Gasteiger partial charge is 0.418 e. The monoisotopic (exact) mass is 612 g/mol. The minimum atomic E-state index is -4.81. The molecule has 14 heteroatoms. The van der Waals surface area contributed by atoms with Gasteiger partial charge in [-0.25, -0.2) is 9.97 Å². The molecule has 220 valence electrons. The second kappa shape index (κ2) is 11.4. The SMILES string of the molecule is CC(C)Oc1ccc(Cl)cc1-c1nc(NS(=O)(=O)c2cccc(N3CCC(C)(C(=O)O)CC3)n2)ccc1C(F)(F)F. The highest BCUT2D eigenvalue weighted by molar-refractivity contribution is 7.92. The predicted molar refractivity (Wildman–Crippen MR) is 148 cm³/mol. The molecular formula is C27H28ClF3N4O5S. The van der Waals surface area contributed by atoms with Crippen molar-refractivity contribution in [2.45, 2.75) is 50.9 Å². The summed E-state index contributed by atoms with van der Waals surface area (Å²) in [5.74, 6) is -0.839. The molecule has 2 N–H and O–H groups in total. The van der Waals surface area contributed by atoms with E-state index in [0.717, 1.165) is 12.1 Å². The summed E-state index contributed by atoms with van der Waals surface area (Å²) in [4.78, 5) is 21.6. The average molecular weight is 613 g/mol. The summed E-state index contributed by atoms with van der Waals surface area (Å²) in [6, 6.07) is 10.1. The van der Waals surface area contributed by atoms with Crippen LogP contribution in [-0.4, -0.2) is 48.7 Å². The molecule has 0 atom stereocenters. The fourth-order valence-electron chi connectivity index (χ4n) is 4.36. The molecule has 0 spiro atoms. The van der Waals surface area contributed by atoms with Crippen molar-refractivity contribution < 1.29 is 36.2 Å². The molecule has 1 aliphatic heterocycles. The van der Waals surface area contributed by atoms with Crippen molar-refractivity contribution in [2.24, 2.45) is 5.41 Å². The summed E-state index contributed by atoms with van der Waals surface area (Å²) in [6.45, 7) is 5.79. The zero-order valence-electron chi connectivity index (χ0n) is 22.4. The molecule has 0 aliphatic carbocycles. The number of piperidine rings is 1. The summed E-state index contributed by atoms with van der Waals surface area (Å²) in [7, 11) is -4.38. The number of hydrogen-bond donors (Lipinski definition) is 2. The van der Waals surface area contributed by atoms with Crippen LogP contribution in [0.2, 0.25) is 5.02 Å². The number of pyridine rings is 2. The van der Waals surface area contributed by atoms with E-state index in [1.807, 2.05) is 0 Å². The number of anilines is 2. The number of hydrogen-bond acceptors (Lipinski definition) is 7. The van der Waals surface area contributed by atoms with Gasteiger partial charge in [0, 0.05) is 23.7 Å². The lowest BCUT2D eigenvalue weighted by atomic mass is 9.80. The molecule has 3 aromatic rings. The van der Waals surface area contributed by atoms with Crippen LogP contribution in [0, 0.1) is 5.41 Å². The molecule has 0 unspecified atom stereocenters. The topological polar surface area (TPSA) is 122 Å². The maximum atomic E-state index is 14.0. The fraction of sp³-hybridized carbons (Fsp3) is 0.370. The molecule has 0 amide bonds. The van der Waals surface area contributed by atoms with Crippen molar-refractivity contribution in [3.8, 4) is 17.0 Å². The van der Waals surface area contributed by atoms with Crippen molar-refractivity contribution in [1.29, 1.82) is 0 Å². The van der Waals surface area contributed by atoms with Crippen molar-refractivity contribution in [1.82, 2.24) is 9.97 Å². The first kappa shape index (κ1) is 30.4. The Morgan fingerprint density at radius 3 is 2.41 bits per heavy atom. The van der Waals surface area contributed by atoms with Gasteiger partial charge in [-0.15, -0.1) is 0 Å². The lowest BCUT2D eigenvalue weighted by Crippen LogP contribution is -2.43. The highest BCUT2D eigenvalue weighted by atomic mass is 35.5. The van der Waals surface area contributed by atoms with Crippen molar-refractivity contribution in [3.63, 3.8) is 0 Å². The van der Waals surface area contributed by atoms with E-state index in [9.17, 15) is 31.5 Å². The number of sulfonamides is 1. The van der Waals surface area contributed by atoms with E-state index in [2.05, 4.69) is 14.7 Å². The van der Waals surface area contributed by atoms with Crippen LogP contribution in [0.15, 0.2) is 53.6 Å². The standard InChI is InChI=1S/C27H28ClF3N4O5S/c1-16(2)40-20-9-7-17(28)15-18(20)24-19(27(29,30)31)8-10-21(32-24)34-41(38,39)23-6-4-5-22(33-23)35-13-11-26(3,12-14-35)25(36)37/h4-10,15-16H,11-14H2,1-3H3,(H,32,34)(H,36,37). The highest BCUT2D eigenvalue weighted by Crippen LogP contribution is 2.41. The molecule has 0 saturated carbocycles. The number of aromatic nitrogens is 2. The number of nitrogens with one attached hydrogen (secondary N) is 1. The molecule has 1 aliphatic rings. The van der Waals surface area contributed by atoms with E-state index in [0.29, 0.717) is 31.7 Å². The van der Waals surface area contributed by atoms with Crippen LogP contribution in [0.5, 0.6) is 5.75 Å². The van der Waals surface area contributed by atoms with Gasteiger partial charge in [-0.05, 0) is 76.1 Å². The zero-order valence-corrected chi connectivity index (χ0v) is 23.9. The Morgan fingerprint density at radius 2 is 1.80 bits per heavy atom. The quantitative estimate of drug-likeness (QED) is 0.313. The number of nitrogens with zero attached hydrogens (tertiary/aromatic N) is 3. The van der Waals surface area contributed by atoms with E-state index < -0.39 is 38.8 Å². The Hall–Kier alpha value is -3.58. The second-order valence-corrected chi connectivity index (χ2v) is 12.3. The van der Waals surface area contributed by atoms with Crippen LogP contribution in [0.4, 0.5) is 24.8 Å². The Balaban J connectivity index is 1.67. The number of aliphatic carboxylic acids is 1. The molecule has 41 heavy (non-hydrogen) atoms. The summed E-state index contributed by atoms with van der Waals surface area (Å²) in [5, 5.41) is 9.22. The van der Waals surface area contributed by atoms with E-state index in [-0.39, 0.29) is 33.3 Å². The molecule has 1 fully saturated rings. The van der Waals surface area contributed by atoms with Crippen molar-refractivity contribution in [2.75, 3.05) is 22.7 Å². The van der Waals surface area contributed by atoms with Crippen LogP contribution in [0.3, 0.4) is 0 Å². The molecule has 0 bridgehead atoms. The minimum Gasteiger partial charge on any atom is -0.490 e. The van der Waals surface area contributed by atoms with Gasteiger partial charge in [0.05, 0.1) is 22.8 Å². The number of carbonyl (C=O) groups is 1. The van der Waals surface area contributed by atoms with Crippen molar-refractivity contribution >= 4 is 39.2 Å². The number of benzene rings is 1. The molecule has 1 aromatic carbocycles. The van der Waals surface area contributed by atoms with Gasteiger partial charge in [0.2, 0.25) is 0 Å². The predicted octanol–water partition coefficient (Wildman–Crippen LogP) is 6.09. The van der Waals surface area contributed by atoms with Crippen LogP contribution in [-0.2, 0) is 21.0 Å². The number of carboxylic acids is 1. The molecular weight excluding hydrogens is 585 g/mol. The molecule has 3 heterocycles. The summed E-state index contributed by atoms with van der Waals surface area (Å²) >= 11 is 6.09. The second-order valence-electron chi connectivity index (χ2n) is 10.2.